The summed E-state index contributed by atoms with van der Waals surface area (Å²) in [5, 5.41) is 2.87. The Morgan fingerprint density at radius 2 is 2.29 bits per heavy atom. The van der Waals surface area contributed by atoms with Crippen molar-refractivity contribution in [3.05, 3.63) is 17.6 Å². The Bertz CT molecular complexity index is 339. The highest BCUT2D eigenvalue weighted by Gasteiger charge is 2.14. The fourth-order valence-electron chi connectivity index (χ4n) is 1.11. The molecule has 0 saturated heterocycles. The molecule has 0 fully saturated rings. The van der Waals surface area contributed by atoms with E-state index in [1.807, 2.05) is 0 Å². The number of hydrogen-bond acceptors (Lipinski definition) is 5. The smallest absolute Gasteiger partial charge is 0.357 e. The van der Waals surface area contributed by atoms with E-state index in [1.165, 1.54) is 6.33 Å². The number of anilines is 1. The van der Waals surface area contributed by atoms with E-state index in [2.05, 4.69) is 15.3 Å². The number of nitrogens with one attached hydrogen (secondary N) is 1. The molecule has 0 aromatic carbocycles. The van der Waals surface area contributed by atoms with E-state index in [9.17, 15) is 4.79 Å². The minimum absolute atomic E-state index is 0.311. The summed E-state index contributed by atoms with van der Waals surface area (Å²) in [6.45, 7) is 3.88. The van der Waals surface area contributed by atoms with Gasteiger partial charge in [-0.05, 0) is 13.8 Å². The van der Waals surface area contributed by atoms with Crippen LogP contribution in [0.15, 0.2) is 6.33 Å². The molecule has 0 spiro atoms. The van der Waals surface area contributed by atoms with Crippen molar-refractivity contribution < 1.29 is 9.53 Å². The molecule has 0 radical (unpaired) electrons. The monoisotopic (exact) mass is 195 g/mol. The summed E-state index contributed by atoms with van der Waals surface area (Å²) < 4.78 is 4.85. The second-order valence-electron chi connectivity index (χ2n) is 2.67. The Labute approximate surface area is 82.5 Å². The molecule has 76 valence electrons. The molecule has 0 bridgehead atoms. The van der Waals surface area contributed by atoms with E-state index < -0.39 is 5.97 Å². The summed E-state index contributed by atoms with van der Waals surface area (Å²) in [5.41, 5.74) is 1.01. The van der Waals surface area contributed by atoms with Crippen molar-refractivity contribution in [1.82, 2.24) is 9.97 Å². The van der Waals surface area contributed by atoms with Crippen LogP contribution in [0.3, 0.4) is 0 Å². The number of aromatic nitrogens is 2. The van der Waals surface area contributed by atoms with Gasteiger partial charge in [-0.25, -0.2) is 14.8 Å². The van der Waals surface area contributed by atoms with Gasteiger partial charge in [0.15, 0.2) is 5.69 Å². The standard InChI is InChI=1S/C9H13N3O2/c1-4-14-9(13)7-6(2)8(10-3)12-5-11-7/h5H,4H2,1-3H3,(H,10,11,12). The van der Waals surface area contributed by atoms with E-state index in [4.69, 9.17) is 4.74 Å². The minimum atomic E-state index is -0.413. The minimum Gasteiger partial charge on any atom is -0.461 e. The van der Waals surface area contributed by atoms with Crippen molar-refractivity contribution in [1.29, 1.82) is 0 Å². The zero-order valence-corrected chi connectivity index (χ0v) is 8.50. The number of carbonyl (C=O) groups excluding carboxylic acids is 1. The van der Waals surface area contributed by atoms with E-state index in [0.29, 0.717) is 23.7 Å². The Hall–Kier alpha value is -1.65. The van der Waals surface area contributed by atoms with Gasteiger partial charge in [-0.3, -0.25) is 0 Å². The maximum Gasteiger partial charge on any atom is 0.357 e. The first-order valence-electron chi connectivity index (χ1n) is 4.37. The molecule has 1 N–H and O–H groups in total. The summed E-state index contributed by atoms with van der Waals surface area (Å²) >= 11 is 0. The molecule has 0 aliphatic rings. The molecule has 1 heterocycles. The van der Waals surface area contributed by atoms with Crippen LogP contribution in [-0.4, -0.2) is 29.6 Å². The van der Waals surface area contributed by atoms with Crippen LogP contribution in [0.4, 0.5) is 5.82 Å². The van der Waals surface area contributed by atoms with E-state index in [1.54, 1.807) is 20.9 Å². The second-order valence-corrected chi connectivity index (χ2v) is 2.67. The maximum absolute atomic E-state index is 11.4. The van der Waals surface area contributed by atoms with Gasteiger partial charge in [-0.2, -0.15) is 0 Å². The van der Waals surface area contributed by atoms with Crippen molar-refractivity contribution in [2.24, 2.45) is 0 Å². The highest BCUT2D eigenvalue weighted by atomic mass is 16.5. The van der Waals surface area contributed by atoms with Gasteiger partial charge in [-0.1, -0.05) is 0 Å². The van der Waals surface area contributed by atoms with Gasteiger partial charge in [0.2, 0.25) is 0 Å². The fraction of sp³-hybridized carbons (Fsp3) is 0.444. The Balaban J connectivity index is 3.03. The number of carbonyl (C=O) groups is 1. The van der Waals surface area contributed by atoms with Crippen molar-refractivity contribution >= 4 is 11.8 Å². The lowest BCUT2D eigenvalue weighted by molar-refractivity contribution is 0.0518. The summed E-state index contributed by atoms with van der Waals surface area (Å²) in [6.07, 6.45) is 1.34. The normalized spacial score (nSPS) is 9.64. The Morgan fingerprint density at radius 3 is 2.86 bits per heavy atom. The summed E-state index contributed by atoms with van der Waals surface area (Å²) in [5.74, 6) is 0.229. The van der Waals surface area contributed by atoms with Crippen LogP contribution in [0.25, 0.3) is 0 Å². The van der Waals surface area contributed by atoms with Crippen LogP contribution in [-0.2, 0) is 4.74 Å². The van der Waals surface area contributed by atoms with Gasteiger partial charge in [0, 0.05) is 12.6 Å². The lowest BCUT2D eigenvalue weighted by Crippen LogP contribution is -2.11. The Kier molecular flexibility index (Phi) is 3.39. The number of rotatable bonds is 3. The lowest BCUT2D eigenvalue weighted by Gasteiger charge is -2.07. The third kappa shape index (κ3) is 1.99. The van der Waals surface area contributed by atoms with Gasteiger partial charge in [0.05, 0.1) is 6.61 Å². The van der Waals surface area contributed by atoms with Gasteiger partial charge >= 0.3 is 5.97 Å². The highest BCUT2D eigenvalue weighted by molar-refractivity contribution is 5.89. The van der Waals surface area contributed by atoms with Gasteiger partial charge < -0.3 is 10.1 Å². The SMILES string of the molecule is CCOC(=O)c1ncnc(NC)c1C. The summed E-state index contributed by atoms with van der Waals surface area (Å²) in [7, 11) is 1.74. The largest absolute Gasteiger partial charge is 0.461 e. The molecular formula is C9H13N3O2. The third-order valence-electron chi connectivity index (χ3n) is 1.79. The van der Waals surface area contributed by atoms with E-state index in [0.717, 1.165) is 0 Å². The van der Waals surface area contributed by atoms with Crippen LogP contribution in [0, 0.1) is 6.92 Å². The molecule has 5 heteroatoms. The molecule has 0 aliphatic carbocycles. The summed E-state index contributed by atoms with van der Waals surface area (Å²) in [6, 6.07) is 0. The molecule has 14 heavy (non-hydrogen) atoms. The molecule has 1 aromatic heterocycles. The Morgan fingerprint density at radius 1 is 1.57 bits per heavy atom. The number of esters is 1. The lowest BCUT2D eigenvalue weighted by atomic mass is 10.2. The van der Waals surface area contributed by atoms with Gasteiger partial charge in [0.25, 0.3) is 0 Å². The number of hydrogen-bond donors (Lipinski definition) is 1. The molecule has 0 aliphatic heterocycles. The zero-order valence-electron chi connectivity index (χ0n) is 8.50. The summed E-state index contributed by atoms with van der Waals surface area (Å²) in [4.78, 5) is 19.2. The van der Waals surface area contributed by atoms with Crippen molar-refractivity contribution in [2.45, 2.75) is 13.8 Å². The van der Waals surface area contributed by atoms with E-state index in [-0.39, 0.29) is 0 Å². The van der Waals surface area contributed by atoms with Crippen LogP contribution in [0.2, 0.25) is 0 Å². The van der Waals surface area contributed by atoms with Crippen LogP contribution in [0.5, 0.6) is 0 Å². The van der Waals surface area contributed by atoms with Gasteiger partial charge in [-0.15, -0.1) is 0 Å². The number of ether oxygens (including phenoxy) is 1. The predicted molar refractivity (Wildman–Crippen MR) is 52.3 cm³/mol. The second kappa shape index (κ2) is 4.55. The number of nitrogens with zero attached hydrogens (tertiary/aromatic N) is 2. The molecule has 0 amide bonds. The van der Waals surface area contributed by atoms with Crippen molar-refractivity contribution in [3.63, 3.8) is 0 Å². The first-order chi connectivity index (χ1) is 6.70. The molecule has 1 aromatic rings. The first-order valence-corrected chi connectivity index (χ1v) is 4.37. The predicted octanol–water partition coefficient (Wildman–Crippen LogP) is 1.00. The molecular weight excluding hydrogens is 182 g/mol. The van der Waals surface area contributed by atoms with Crippen molar-refractivity contribution in [2.75, 3.05) is 19.0 Å². The fourth-order valence-corrected chi connectivity index (χ4v) is 1.11. The van der Waals surface area contributed by atoms with Crippen LogP contribution < -0.4 is 5.32 Å². The molecule has 0 unspecified atom stereocenters. The zero-order chi connectivity index (χ0) is 10.6. The molecule has 0 atom stereocenters. The third-order valence-corrected chi connectivity index (χ3v) is 1.79. The van der Waals surface area contributed by atoms with Crippen LogP contribution in [0.1, 0.15) is 23.0 Å². The molecule has 1 rings (SSSR count). The van der Waals surface area contributed by atoms with Gasteiger partial charge in [0.1, 0.15) is 12.1 Å². The maximum atomic E-state index is 11.4. The highest BCUT2D eigenvalue weighted by Crippen LogP contribution is 2.13. The quantitative estimate of drug-likeness (QED) is 0.729. The first kappa shape index (κ1) is 10.4. The van der Waals surface area contributed by atoms with Crippen molar-refractivity contribution in [3.8, 4) is 0 Å². The molecule has 5 nitrogen and oxygen atoms in total. The molecule has 0 saturated carbocycles. The average Bonchev–Trinajstić information content (AvgIpc) is 2.18. The topological polar surface area (TPSA) is 64.1 Å². The van der Waals surface area contributed by atoms with Crippen LogP contribution >= 0.6 is 0 Å². The average molecular weight is 195 g/mol. The van der Waals surface area contributed by atoms with E-state index >= 15 is 0 Å².